The van der Waals surface area contributed by atoms with E-state index in [0.717, 1.165) is 25.9 Å². The first-order valence-electron chi connectivity index (χ1n) is 6.26. The first kappa shape index (κ1) is 12.8. The van der Waals surface area contributed by atoms with Crippen LogP contribution in [0.1, 0.15) is 12.8 Å². The van der Waals surface area contributed by atoms with E-state index in [4.69, 9.17) is 0 Å². The Bertz CT molecular complexity index is 389. The molecule has 1 N–H and O–H groups in total. The molecule has 1 aromatic rings. The molecule has 1 saturated heterocycles. The van der Waals surface area contributed by atoms with Crippen molar-refractivity contribution in [1.82, 2.24) is 25.0 Å². The minimum Gasteiger partial charge on any atom is -0.353 e. The van der Waals surface area contributed by atoms with Crippen LogP contribution in [0.5, 0.6) is 0 Å². The molecule has 1 fully saturated rings. The van der Waals surface area contributed by atoms with Gasteiger partial charge in [-0.1, -0.05) is 6.08 Å². The maximum absolute atomic E-state index is 12.0. The lowest BCUT2D eigenvalue weighted by atomic mass is 10.2. The third kappa shape index (κ3) is 3.16. The Morgan fingerprint density at radius 2 is 2.50 bits per heavy atom. The number of carbonyl (C=O) groups is 1. The van der Waals surface area contributed by atoms with Gasteiger partial charge in [0.15, 0.2) is 0 Å². The Labute approximate surface area is 107 Å². The quantitative estimate of drug-likeness (QED) is 0.723. The number of hydrogen-bond donors (Lipinski definition) is 1. The second-order valence-corrected chi connectivity index (χ2v) is 4.39. The minimum atomic E-state index is -0.00116. The number of amides is 1. The van der Waals surface area contributed by atoms with Gasteiger partial charge in [-0.3, -0.25) is 14.4 Å². The molecule has 0 unspecified atom stereocenters. The first-order valence-corrected chi connectivity index (χ1v) is 6.26. The zero-order valence-electron chi connectivity index (χ0n) is 10.5. The van der Waals surface area contributed by atoms with Gasteiger partial charge in [0.05, 0.1) is 12.6 Å². The summed E-state index contributed by atoms with van der Waals surface area (Å²) >= 11 is 0. The molecule has 0 bridgehead atoms. The first-order chi connectivity index (χ1) is 8.81. The molecule has 1 amide bonds. The predicted molar refractivity (Wildman–Crippen MR) is 67.8 cm³/mol. The van der Waals surface area contributed by atoms with Gasteiger partial charge in [-0.15, -0.1) is 6.58 Å². The van der Waals surface area contributed by atoms with Crippen LogP contribution in [-0.2, 0) is 11.3 Å². The molecular weight excluding hydrogens is 230 g/mol. The molecular formula is C12H19N5O. The Kier molecular flexibility index (Phi) is 4.46. The van der Waals surface area contributed by atoms with Gasteiger partial charge in [0, 0.05) is 13.1 Å². The van der Waals surface area contributed by atoms with Crippen LogP contribution in [0.3, 0.4) is 0 Å². The Morgan fingerprint density at radius 3 is 3.22 bits per heavy atom. The highest BCUT2D eigenvalue weighted by Crippen LogP contribution is 2.16. The maximum Gasteiger partial charge on any atom is 0.237 e. The van der Waals surface area contributed by atoms with Crippen molar-refractivity contribution < 1.29 is 4.79 Å². The summed E-state index contributed by atoms with van der Waals surface area (Å²) in [4.78, 5) is 18.0. The highest BCUT2D eigenvalue weighted by atomic mass is 16.2. The van der Waals surface area contributed by atoms with Crippen molar-refractivity contribution in [2.24, 2.45) is 0 Å². The van der Waals surface area contributed by atoms with Gasteiger partial charge in [-0.25, -0.2) is 4.98 Å². The van der Waals surface area contributed by atoms with E-state index < -0.39 is 0 Å². The molecule has 0 aromatic carbocycles. The minimum absolute atomic E-state index is 0.00116. The lowest BCUT2D eigenvalue weighted by molar-refractivity contribution is -0.125. The summed E-state index contributed by atoms with van der Waals surface area (Å²) in [6.45, 7) is 6.72. The molecule has 0 spiro atoms. The monoisotopic (exact) mass is 249 g/mol. The molecule has 1 aliphatic rings. The van der Waals surface area contributed by atoms with Crippen LogP contribution in [-0.4, -0.2) is 51.2 Å². The number of rotatable bonds is 6. The van der Waals surface area contributed by atoms with E-state index in [-0.39, 0.29) is 11.9 Å². The Morgan fingerprint density at radius 1 is 1.61 bits per heavy atom. The fourth-order valence-corrected chi connectivity index (χ4v) is 2.27. The van der Waals surface area contributed by atoms with E-state index in [1.165, 1.54) is 6.33 Å². The molecule has 18 heavy (non-hydrogen) atoms. The highest BCUT2D eigenvalue weighted by Gasteiger charge is 2.29. The lowest BCUT2D eigenvalue weighted by Gasteiger charge is -2.21. The van der Waals surface area contributed by atoms with Crippen LogP contribution in [0.2, 0.25) is 0 Å². The van der Waals surface area contributed by atoms with E-state index in [9.17, 15) is 4.79 Å². The normalized spacial score (nSPS) is 19.9. The summed E-state index contributed by atoms with van der Waals surface area (Å²) < 4.78 is 1.70. The summed E-state index contributed by atoms with van der Waals surface area (Å²) in [7, 11) is 0. The second-order valence-electron chi connectivity index (χ2n) is 4.39. The molecule has 6 nitrogen and oxygen atoms in total. The molecule has 0 aliphatic carbocycles. The van der Waals surface area contributed by atoms with Crippen molar-refractivity contribution in [3.8, 4) is 0 Å². The fourth-order valence-electron chi connectivity index (χ4n) is 2.27. The average Bonchev–Trinajstić information content (AvgIpc) is 3.00. The number of carbonyl (C=O) groups excluding carboxylic acids is 1. The molecule has 6 heteroatoms. The summed E-state index contributed by atoms with van der Waals surface area (Å²) in [5.41, 5.74) is 0. The maximum atomic E-state index is 12.0. The zero-order chi connectivity index (χ0) is 12.8. The molecule has 2 rings (SSSR count). The summed E-state index contributed by atoms with van der Waals surface area (Å²) in [5, 5.41) is 6.93. The number of nitrogens with one attached hydrogen (secondary N) is 1. The summed E-state index contributed by atoms with van der Waals surface area (Å²) in [5.74, 6) is 0.106. The van der Waals surface area contributed by atoms with Crippen LogP contribution >= 0.6 is 0 Å². The molecule has 2 heterocycles. The summed E-state index contributed by atoms with van der Waals surface area (Å²) in [6.07, 6.45) is 7.00. The third-order valence-electron chi connectivity index (χ3n) is 3.14. The number of likely N-dealkylation sites (tertiary alicyclic amines) is 1. The van der Waals surface area contributed by atoms with Crippen molar-refractivity contribution >= 4 is 5.91 Å². The van der Waals surface area contributed by atoms with Gasteiger partial charge in [-0.05, 0) is 19.4 Å². The standard InChI is InChI=1S/C12H19N5O/c1-2-6-16-7-3-4-11(16)12(18)14-5-8-17-10-13-9-15-17/h2,9-11H,1,3-8H2,(H,14,18)/t11-/m0/s1. The molecule has 1 atom stereocenters. The third-order valence-corrected chi connectivity index (χ3v) is 3.14. The van der Waals surface area contributed by atoms with E-state index in [1.807, 2.05) is 6.08 Å². The second kappa shape index (κ2) is 6.30. The smallest absolute Gasteiger partial charge is 0.237 e. The highest BCUT2D eigenvalue weighted by molar-refractivity contribution is 5.82. The Hall–Kier alpha value is -1.69. The fraction of sp³-hybridized carbons (Fsp3) is 0.583. The van der Waals surface area contributed by atoms with Crippen LogP contribution < -0.4 is 5.32 Å². The van der Waals surface area contributed by atoms with Gasteiger partial charge in [0.25, 0.3) is 0 Å². The van der Waals surface area contributed by atoms with Crippen molar-refractivity contribution in [2.45, 2.75) is 25.4 Å². The van der Waals surface area contributed by atoms with Crippen molar-refractivity contribution in [1.29, 1.82) is 0 Å². The SMILES string of the molecule is C=CCN1CCC[C@H]1C(=O)NCCn1cncn1. The molecule has 98 valence electrons. The van der Waals surface area contributed by atoms with E-state index >= 15 is 0 Å². The molecule has 1 aliphatic heterocycles. The van der Waals surface area contributed by atoms with Crippen LogP contribution in [0.25, 0.3) is 0 Å². The zero-order valence-corrected chi connectivity index (χ0v) is 10.5. The number of hydrogen-bond acceptors (Lipinski definition) is 4. The van der Waals surface area contributed by atoms with E-state index in [0.29, 0.717) is 13.1 Å². The van der Waals surface area contributed by atoms with Crippen LogP contribution in [0, 0.1) is 0 Å². The van der Waals surface area contributed by atoms with Gasteiger partial charge in [0.2, 0.25) is 5.91 Å². The molecule has 0 saturated carbocycles. The summed E-state index contributed by atoms with van der Waals surface area (Å²) in [6, 6.07) is -0.00116. The van der Waals surface area contributed by atoms with Gasteiger partial charge in [0.1, 0.15) is 12.7 Å². The largest absolute Gasteiger partial charge is 0.353 e. The van der Waals surface area contributed by atoms with E-state index in [2.05, 4.69) is 26.9 Å². The Balaban J connectivity index is 1.75. The number of aromatic nitrogens is 3. The number of nitrogens with zero attached hydrogens (tertiary/aromatic N) is 4. The van der Waals surface area contributed by atoms with Crippen molar-refractivity contribution in [2.75, 3.05) is 19.6 Å². The topological polar surface area (TPSA) is 63.1 Å². The average molecular weight is 249 g/mol. The van der Waals surface area contributed by atoms with E-state index in [1.54, 1.807) is 11.0 Å². The van der Waals surface area contributed by atoms with Gasteiger partial charge < -0.3 is 5.32 Å². The van der Waals surface area contributed by atoms with Crippen molar-refractivity contribution in [3.63, 3.8) is 0 Å². The predicted octanol–water partition coefficient (Wildman–Crippen LogP) is 0.0447. The van der Waals surface area contributed by atoms with Gasteiger partial charge in [-0.2, -0.15) is 5.10 Å². The molecule has 0 radical (unpaired) electrons. The van der Waals surface area contributed by atoms with Crippen LogP contribution in [0.4, 0.5) is 0 Å². The van der Waals surface area contributed by atoms with Gasteiger partial charge >= 0.3 is 0 Å². The van der Waals surface area contributed by atoms with Crippen molar-refractivity contribution in [3.05, 3.63) is 25.3 Å². The van der Waals surface area contributed by atoms with Crippen LogP contribution in [0.15, 0.2) is 25.3 Å². The lowest BCUT2D eigenvalue weighted by Crippen LogP contribution is -2.44. The molecule has 1 aromatic heterocycles.